The molecule has 0 aromatic rings. The average Bonchev–Trinajstić information content (AvgIpc) is 3.38. The van der Waals surface area contributed by atoms with Crippen molar-refractivity contribution in [2.24, 2.45) is 0 Å². The molecule has 1 unspecified atom stereocenters. The average molecular weight is 1010 g/mol. The third-order valence-corrected chi connectivity index (χ3v) is 13.4. The summed E-state index contributed by atoms with van der Waals surface area (Å²) in [4.78, 5) is 38.1. The van der Waals surface area contributed by atoms with Gasteiger partial charge in [-0.25, -0.2) is 0 Å². The summed E-state index contributed by atoms with van der Waals surface area (Å²) in [5.74, 6) is -0.888. The maximum Gasteiger partial charge on any atom is 0.306 e. The summed E-state index contributed by atoms with van der Waals surface area (Å²) in [6, 6.07) is 0. The normalized spacial score (nSPS) is 12.5. The molecule has 72 heavy (non-hydrogen) atoms. The molecule has 0 aromatic heterocycles. The lowest BCUT2D eigenvalue weighted by Crippen LogP contribution is -2.30. The Hall–Kier alpha value is -3.15. The molecule has 0 aromatic carbocycles. The highest BCUT2D eigenvalue weighted by atomic mass is 16.6. The lowest BCUT2D eigenvalue weighted by Gasteiger charge is -2.18. The summed E-state index contributed by atoms with van der Waals surface area (Å²) in [6.45, 7) is 6.51. The number of unbranched alkanes of at least 4 members (excludes halogenated alkanes) is 33. The van der Waals surface area contributed by atoms with Crippen LogP contribution in [0, 0.1) is 0 Å². The molecule has 0 aliphatic rings. The van der Waals surface area contributed by atoms with Gasteiger partial charge in [-0.1, -0.05) is 273 Å². The lowest BCUT2D eigenvalue weighted by atomic mass is 10.0. The van der Waals surface area contributed by atoms with Crippen LogP contribution in [0.3, 0.4) is 0 Å². The predicted octanol–water partition coefficient (Wildman–Crippen LogP) is 20.9. The first-order chi connectivity index (χ1) is 35.5. The van der Waals surface area contributed by atoms with E-state index in [2.05, 4.69) is 93.7 Å². The fourth-order valence-electron chi connectivity index (χ4n) is 8.82. The molecule has 0 heterocycles. The molecular formula is C66H116O6. The molecule has 0 aliphatic heterocycles. The molecule has 0 radical (unpaired) electrons. The van der Waals surface area contributed by atoms with Gasteiger partial charge >= 0.3 is 17.9 Å². The number of rotatable bonds is 56. The molecule has 0 saturated heterocycles. The smallest absolute Gasteiger partial charge is 0.306 e. The first kappa shape index (κ1) is 68.8. The number of carbonyl (C=O) groups is 3. The molecule has 6 nitrogen and oxygen atoms in total. The van der Waals surface area contributed by atoms with Crippen molar-refractivity contribution in [2.45, 2.75) is 316 Å². The molecule has 0 bridgehead atoms. The molecule has 0 spiro atoms. The minimum Gasteiger partial charge on any atom is -0.462 e. The highest BCUT2D eigenvalue weighted by molar-refractivity contribution is 5.71. The van der Waals surface area contributed by atoms with Gasteiger partial charge < -0.3 is 14.2 Å². The van der Waals surface area contributed by atoms with Crippen LogP contribution in [0.1, 0.15) is 310 Å². The van der Waals surface area contributed by atoms with Gasteiger partial charge in [0.25, 0.3) is 0 Å². The summed E-state index contributed by atoms with van der Waals surface area (Å²) in [7, 11) is 0. The predicted molar refractivity (Wildman–Crippen MR) is 311 cm³/mol. The molecule has 1 atom stereocenters. The van der Waals surface area contributed by atoms with Crippen LogP contribution in [0.2, 0.25) is 0 Å². The zero-order chi connectivity index (χ0) is 52.2. The van der Waals surface area contributed by atoms with E-state index in [4.69, 9.17) is 14.2 Å². The van der Waals surface area contributed by atoms with Crippen molar-refractivity contribution in [2.75, 3.05) is 13.2 Å². The van der Waals surface area contributed by atoms with Crippen LogP contribution in [0.4, 0.5) is 0 Å². The minimum absolute atomic E-state index is 0.0797. The van der Waals surface area contributed by atoms with E-state index in [-0.39, 0.29) is 31.1 Å². The topological polar surface area (TPSA) is 78.9 Å². The number of hydrogen-bond donors (Lipinski definition) is 0. The molecule has 416 valence electrons. The van der Waals surface area contributed by atoms with Crippen molar-refractivity contribution >= 4 is 17.9 Å². The molecule has 0 amide bonds. The Labute approximate surface area is 446 Å². The number of allylic oxidation sites excluding steroid dienone is 12. The van der Waals surface area contributed by atoms with Gasteiger partial charge in [0.15, 0.2) is 6.10 Å². The van der Waals surface area contributed by atoms with Crippen LogP contribution < -0.4 is 0 Å². The SMILES string of the molecule is CC/C=C\C/C=C\C/C=C\CCCCCCCC(=O)OC(COC(=O)CCCCCCCCCCCC)COC(=O)CCCCCCCCCCCCCCCC/C=C\C/C=C\C/C=C\CCCCCCC. The van der Waals surface area contributed by atoms with E-state index in [1.54, 1.807) is 0 Å². The number of hydrogen-bond acceptors (Lipinski definition) is 6. The third-order valence-electron chi connectivity index (χ3n) is 13.4. The van der Waals surface area contributed by atoms with Gasteiger partial charge in [-0.3, -0.25) is 14.4 Å². The Kier molecular flexibility index (Phi) is 57.8. The maximum absolute atomic E-state index is 12.8. The molecule has 0 fully saturated rings. The van der Waals surface area contributed by atoms with Crippen LogP contribution in [0.5, 0.6) is 0 Å². The Balaban J connectivity index is 4.17. The fourth-order valence-corrected chi connectivity index (χ4v) is 8.82. The number of esters is 3. The molecule has 0 rings (SSSR count). The molecule has 0 aliphatic carbocycles. The lowest BCUT2D eigenvalue weighted by molar-refractivity contribution is -0.167. The van der Waals surface area contributed by atoms with Crippen molar-refractivity contribution in [1.29, 1.82) is 0 Å². The van der Waals surface area contributed by atoms with Crippen LogP contribution in [-0.4, -0.2) is 37.2 Å². The van der Waals surface area contributed by atoms with Gasteiger partial charge in [0.1, 0.15) is 13.2 Å². The van der Waals surface area contributed by atoms with Crippen LogP contribution in [-0.2, 0) is 28.6 Å². The van der Waals surface area contributed by atoms with Gasteiger partial charge in [-0.05, 0) is 89.9 Å². The Bertz CT molecular complexity index is 1340. The van der Waals surface area contributed by atoms with Gasteiger partial charge in [-0.15, -0.1) is 0 Å². The van der Waals surface area contributed by atoms with Gasteiger partial charge in [-0.2, -0.15) is 0 Å². The second kappa shape index (κ2) is 60.4. The van der Waals surface area contributed by atoms with E-state index in [9.17, 15) is 14.4 Å². The minimum atomic E-state index is -0.782. The maximum atomic E-state index is 12.8. The second-order valence-corrected chi connectivity index (χ2v) is 20.6. The van der Waals surface area contributed by atoms with E-state index in [1.807, 2.05) is 0 Å². The third kappa shape index (κ3) is 57.7. The van der Waals surface area contributed by atoms with Crippen molar-refractivity contribution in [3.8, 4) is 0 Å². The second-order valence-electron chi connectivity index (χ2n) is 20.6. The molecule has 6 heteroatoms. The first-order valence-corrected chi connectivity index (χ1v) is 30.9. The van der Waals surface area contributed by atoms with Crippen LogP contribution in [0.25, 0.3) is 0 Å². The van der Waals surface area contributed by atoms with Gasteiger partial charge in [0.05, 0.1) is 0 Å². The summed E-state index contributed by atoms with van der Waals surface area (Å²) in [5.41, 5.74) is 0. The van der Waals surface area contributed by atoms with E-state index in [0.29, 0.717) is 19.3 Å². The summed E-state index contributed by atoms with van der Waals surface area (Å²) in [6.07, 6.45) is 77.7. The van der Waals surface area contributed by atoms with Crippen molar-refractivity contribution in [3.63, 3.8) is 0 Å². The highest BCUT2D eigenvalue weighted by Crippen LogP contribution is 2.16. The van der Waals surface area contributed by atoms with E-state index < -0.39 is 6.10 Å². The number of ether oxygens (including phenoxy) is 3. The molecular weight excluding hydrogens is 889 g/mol. The monoisotopic (exact) mass is 1000 g/mol. The van der Waals surface area contributed by atoms with Crippen molar-refractivity contribution in [1.82, 2.24) is 0 Å². The summed E-state index contributed by atoms with van der Waals surface area (Å²) < 4.78 is 16.8. The molecule has 0 N–H and O–H groups in total. The Morgan fingerprint density at radius 3 is 0.847 bits per heavy atom. The fraction of sp³-hybridized carbons (Fsp3) is 0.773. The zero-order valence-electron chi connectivity index (χ0n) is 47.7. The Morgan fingerprint density at radius 1 is 0.292 bits per heavy atom. The quantitative estimate of drug-likeness (QED) is 0.0261. The standard InChI is InChI=1S/C66H116O6/c1-4-7-10-13-16-19-22-24-26-27-28-29-30-31-32-33-34-35-36-37-38-39-41-42-44-47-50-53-56-59-65(68)71-62-63(61-70-64(67)58-55-52-49-46-21-18-15-12-9-6-3)72-66(69)60-57-54-51-48-45-43-40-25-23-20-17-14-11-8-5-2/h8,11,17,20,22,24-25,27-28,30-31,40,63H,4-7,9-10,12-16,18-19,21,23,26,29,32-39,41-62H2,1-3H3/b11-8-,20-17-,24-22-,28-27-,31-30-,40-25-. The van der Waals surface area contributed by atoms with Crippen molar-refractivity contribution < 1.29 is 28.6 Å². The van der Waals surface area contributed by atoms with E-state index in [0.717, 1.165) is 109 Å². The largest absolute Gasteiger partial charge is 0.462 e. The zero-order valence-corrected chi connectivity index (χ0v) is 47.7. The van der Waals surface area contributed by atoms with Crippen LogP contribution in [0.15, 0.2) is 72.9 Å². The Morgan fingerprint density at radius 2 is 0.542 bits per heavy atom. The highest BCUT2D eigenvalue weighted by Gasteiger charge is 2.19. The van der Waals surface area contributed by atoms with E-state index >= 15 is 0 Å². The molecule has 0 saturated carbocycles. The van der Waals surface area contributed by atoms with Crippen LogP contribution >= 0.6 is 0 Å². The summed E-state index contributed by atoms with van der Waals surface area (Å²) >= 11 is 0. The summed E-state index contributed by atoms with van der Waals surface area (Å²) in [5, 5.41) is 0. The van der Waals surface area contributed by atoms with Gasteiger partial charge in [0.2, 0.25) is 0 Å². The first-order valence-electron chi connectivity index (χ1n) is 30.9. The number of carbonyl (C=O) groups excluding carboxylic acids is 3. The van der Waals surface area contributed by atoms with Crippen molar-refractivity contribution in [3.05, 3.63) is 72.9 Å². The van der Waals surface area contributed by atoms with Gasteiger partial charge in [0, 0.05) is 19.3 Å². The van der Waals surface area contributed by atoms with E-state index in [1.165, 1.54) is 161 Å².